The number of nitrogens with zero attached hydrogens (tertiary/aromatic N) is 1. The molecule has 20 heavy (non-hydrogen) atoms. The second-order valence-electron chi connectivity index (χ2n) is 4.19. The number of likely N-dealkylation sites (N-methyl/N-ethyl adjacent to an activating group) is 1. The van der Waals surface area contributed by atoms with E-state index in [-0.39, 0.29) is 11.8 Å². The van der Waals surface area contributed by atoms with E-state index >= 15 is 0 Å². The molecular weight excluding hydrogens is 254 g/mol. The molecule has 1 aromatic carbocycles. The van der Waals surface area contributed by atoms with Gasteiger partial charge < -0.3 is 10.6 Å². The van der Waals surface area contributed by atoms with E-state index in [0.717, 1.165) is 5.56 Å². The Morgan fingerprint density at radius 1 is 1.35 bits per heavy atom. The molecule has 0 saturated carbocycles. The molecular formula is C15H17N3O2. The predicted octanol–water partition coefficient (Wildman–Crippen LogP) is 1.21. The number of rotatable bonds is 5. The largest absolute Gasteiger partial charge is 0.355 e. The third-order valence-corrected chi connectivity index (χ3v) is 2.57. The molecule has 5 heteroatoms. The van der Waals surface area contributed by atoms with Gasteiger partial charge in [-0.25, -0.2) is 0 Å². The van der Waals surface area contributed by atoms with Gasteiger partial charge in [0.25, 0.3) is 0 Å². The van der Waals surface area contributed by atoms with Crippen LogP contribution in [0.25, 0.3) is 6.08 Å². The molecule has 1 unspecified atom stereocenters. The van der Waals surface area contributed by atoms with Crippen molar-refractivity contribution in [2.24, 2.45) is 0 Å². The van der Waals surface area contributed by atoms with Crippen LogP contribution in [0.15, 0.2) is 30.3 Å². The van der Waals surface area contributed by atoms with Crippen LogP contribution in [-0.2, 0) is 9.59 Å². The van der Waals surface area contributed by atoms with E-state index < -0.39 is 6.04 Å². The first-order valence-electron chi connectivity index (χ1n) is 6.33. The van der Waals surface area contributed by atoms with Gasteiger partial charge in [0.05, 0.1) is 11.6 Å². The first kappa shape index (κ1) is 15.4. The van der Waals surface area contributed by atoms with Crippen LogP contribution in [0, 0.1) is 11.3 Å². The summed E-state index contributed by atoms with van der Waals surface area (Å²) in [7, 11) is 0. The third-order valence-electron chi connectivity index (χ3n) is 2.57. The minimum atomic E-state index is -0.576. The Morgan fingerprint density at radius 3 is 2.55 bits per heavy atom. The zero-order chi connectivity index (χ0) is 15.0. The average Bonchev–Trinajstić information content (AvgIpc) is 2.45. The molecule has 0 heterocycles. The number of nitriles is 1. The number of hydrogen-bond acceptors (Lipinski definition) is 3. The lowest BCUT2D eigenvalue weighted by molar-refractivity contribution is -0.126. The second kappa shape index (κ2) is 7.74. The molecule has 0 spiro atoms. The van der Waals surface area contributed by atoms with Crippen LogP contribution in [-0.4, -0.2) is 24.4 Å². The van der Waals surface area contributed by atoms with E-state index in [1.807, 2.05) is 13.0 Å². The number of amides is 2. The van der Waals surface area contributed by atoms with Gasteiger partial charge >= 0.3 is 0 Å². The van der Waals surface area contributed by atoms with Crippen LogP contribution >= 0.6 is 0 Å². The van der Waals surface area contributed by atoms with Crippen LogP contribution in [0.2, 0.25) is 0 Å². The molecule has 1 rings (SSSR count). The Labute approximate surface area is 118 Å². The molecule has 0 aliphatic rings. The Morgan fingerprint density at radius 2 is 2.00 bits per heavy atom. The van der Waals surface area contributed by atoms with Crippen LogP contribution in [0.5, 0.6) is 0 Å². The summed E-state index contributed by atoms with van der Waals surface area (Å²) in [5, 5.41) is 13.9. The van der Waals surface area contributed by atoms with E-state index in [0.29, 0.717) is 12.1 Å². The standard InChI is InChI=1S/C15H17N3O2/c1-3-17-15(20)11(2)18-14(19)9-8-12-4-6-13(10-16)7-5-12/h4-9,11H,3H2,1-2H3,(H,17,20)(H,18,19)/b9-8+. The van der Waals surface area contributed by atoms with Crippen molar-refractivity contribution in [3.8, 4) is 6.07 Å². The van der Waals surface area contributed by atoms with Gasteiger partial charge in [-0.1, -0.05) is 12.1 Å². The molecule has 0 radical (unpaired) electrons. The van der Waals surface area contributed by atoms with Crippen LogP contribution in [0.3, 0.4) is 0 Å². The SMILES string of the molecule is CCNC(=O)C(C)NC(=O)/C=C/c1ccc(C#N)cc1. The average molecular weight is 271 g/mol. The van der Waals surface area contributed by atoms with Crippen molar-refractivity contribution in [1.82, 2.24) is 10.6 Å². The minimum absolute atomic E-state index is 0.215. The van der Waals surface area contributed by atoms with Crippen molar-refractivity contribution in [2.45, 2.75) is 19.9 Å². The van der Waals surface area contributed by atoms with Crippen molar-refractivity contribution in [3.05, 3.63) is 41.5 Å². The van der Waals surface area contributed by atoms with Gasteiger partial charge in [-0.05, 0) is 37.6 Å². The highest BCUT2D eigenvalue weighted by atomic mass is 16.2. The fourth-order valence-electron chi connectivity index (χ4n) is 1.50. The predicted molar refractivity (Wildman–Crippen MR) is 76.5 cm³/mol. The fourth-order valence-corrected chi connectivity index (χ4v) is 1.50. The zero-order valence-corrected chi connectivity index (χ0v) is 11.5. The Hall–Kier alpha value is -2.61. The van der Waals surface area contributed by atoms with Gasteiger partial charge in [0, 0.05) is 12.6 Å². The maximum atomic E-state index is 11.6. The van der Waals surface area contributed by atoms with Crippen molar-refractivity contribution in [1.29, 1.82) is 5.26 Å². The van der Waals surface area contributed by atoms with Crippen LogP contribution < -0.4 is 10.6 Å². The summed E-state index contributed by atoms with van der Waals surface area (Å²) in [6.45, 7) is 3.97. The lowest BCUT2D eigenvalue weighted by Crippen LogP contribution is -2.44. The minimum Gasteiger partial charge on any atom is -0.355 e. The van der Waals surface area contributed by atoms with E-state index in [1.54, 1.807) is 37.3 Å². The molecule has 5 nitrogen and oxygen atoms in total. The summed E-state index contributed by atoms with van der Waals surface area (Å²) in [5.74, 6) is -0.555. The highest BCUT2D eigenvalue weighted by Gasteiger charge is 2.12. The topological polar surface area (TPSA) is 82.0 Å². The normalized spacial score (nSPS) is 11.7. The number of hydrogen-bond donors (Lipinski definition) is 2. The number of carbonyl (C=O) groups is 2. The third kappa shape index (κ3) is 4.94. The summed E-state index contributed by atoms with van der Waals surface area (Å²) >= 11 is 0. The summed E-state index contributed by atoms with van der Waals surface area (Å²) in [4.78, 5) is 23.1. The first-order chi connectivity index (χ1) is 9.56. The van der Waals surface area contributed by atoms with Gasteiger partial charge in [0.15, 0.2) is 0 Å². The number of nitrogens with one attached hydrogen (secondary N) is 2. The number of carbonyl (C=O) groups excluding carboxylic acids is 2. The van der Waals surface area contributed by atoms with Crippen molar-refractivity contribution in [3.63, 3.8) is 0 Å². The lowest BCUT2D eigenvalue weighted by Gasteiger charge is -2.11. The molecule has 1 aromatic rings. The molecule has 0 aromatic heterocycles. The summed E-state index contributed by atoms with van der Waals surface area (Å²) < 4.78 is 0. The van der Waals surface area contributed by atoms with Crippen molar-refractivity contribution >= 4 is 17.9 Å². The van der Waals surface area contributed by atoms with E-state index in [4.69, 9.17) is 5.26 Å². The molecule has 0 saturated heterocycles. The quantitative estimate of drug-likeness (QED) is 0.790. The molecule has 104 valence electrons. The summed E-state index contributed by atoms with van der Waals surface area (Å²) in [6.07, 6.45) is 2.98. The molecule has 2 amide bonds. The van der Waals surface area contributed by atoms with Crippen LogP contribution in [0.1, 0.15) is 25.0 Å². The van der Waals surface area contributed by atoms with Gasteiger partial charge in [0.1, 0.15) is 6.04 Å². The monoisotopic (exact) mass is 271 g/mol. The molecule has 1 atom stereocenters. The molecule has 2 N–H and O–H groups in total. The summed E-state index contributed by atoms with van der Waals surface area (Å²) in [5.41, 5.74) is 1.38. The maximum Gasteiger partial charge on any atom is 0.244 e. The fraction of sp³-hybridized carbons (Fsp3) is 0.267. The summed E-state index contributed by atoms with van der Waals surface area (Å²) in [6, 6.07) is 8.29. The Kier molecular flexibility index (Phi) is 5.98. The smallest absolute Gasteiger partial charge is 0.244 e. The van der Waals surface area contributed by atoms with Crippen LogP contribution in [0.4, 0.5) is 0 Å². The zero-order valence-electron chi connectivity index (χ0n) is 11.5. The molecule has 0 aliphatic carbocycles. The first-order valence-corrected chi connectivity index (χ1v) is 6.33. The molecule has 0 fully saturated rings. The maximum absolute atomic E-state index is 11.6. The van der Waals surface area contributed by atoms with Gasteiger partial charge in [-0.2, -0.15) is 5.26 Å². The van der Waals surface area contributed by atoms with E-state index in [1.165, 1.54) is 6.08 Å². The highest BCUT2D eigenvalue weighted by Crippen LogP contribution is 2.05. The second-order valence-corrected chi connectivity index (χ2v) is 4.19. The molecule has 0 aliphatic heterocycles. The lowest BCUT2D eigenvalue weighted by atomic mass is 10.1. The molecule has 0 bridgehead atoms. The van der Waals surface area contributed by atoms with Crippen molar-refractivity contribution < 1.29 is 9.59 Å². The number of benzene rings is 1. The Bertz CT molecular complexity index is 541. The van der Waals surface area contributed by atoms with E-state index in [2.05, 4.69) is 10.6 Å². The highest BCUT2D eigenvalue weighted by molar-refractivity contribution is 5.95. The van der Waals surface area contributed by atoms with Gasteiger partial charge in [0.2, 0.25) is 11.8 Å². The van der Waals surface area contributed by atoms with E-state index in [9.17, 15) is 9.59 Å². The van der Waals surface area contributed by atoms with Gasteiger partial charge in [-0.3, -0.25) is 9.59 Å². The Balaban J connectivity index is 2.55. The van der Waals surface area contributed by atoms with Crippen molar-refractivity contribution in [2.75, 3.05) is 6.54 Å². The van der Waals surface area contributed by atoms with Gasteiger partial charge in [-0.15, -0.1) is 0 Å².